The van der Waals surface area contributed by atoms with Crippen LogP contribution in [0.25, 0.3) is 11.1 Å². The van der Waals surface area contributed by atoms with Gasteiger partial charge in [-0.3, -0.25) is 4.68 Å². The molecule has 2 aromatic rings. The van der Waals surface area contributed by atoms with Gasteiger partial charge in [-0.2, -0.15) is 5.10 Å². The highest BCUT2D eigenvalue weighted by Gasteiger charge is 2.04. The van der Waals surface area contributed by atoms with Crippen LogP contribution >= 0.6 is 0 Å². The van der Waals surface area contributed by atoms with Gasteiger partial charge in [-0.25, -0.2) is 0 Å². The molecular formula is C14H18N2O. The number of rotatable bonds is 4. The van der Waals surface area contributed by atoms with Gasteiger partial charge in [0.25, 0.3) is 0 Å². The molecule has 0 fully saturated rings. The molecule has 0 saturated heterocycles. The fourth-order valence-electron chi connectivity index (χ4n) is 1.81. The predicted molar refractivity (Wildman–Crippen MR) is 68.8 cm³/mol. The van der Waals surface area contributed by atoms with E-state index in [1.54, 1.807) is 0 Å². The van der Waals surface area contributed by atoms with Gasteiger partial charge in [0.15, 0.2) is 0 Å². The Bertz CT molecular complexity index is 488. The van der Waals surface area contributed by atoms with Crippen LogP contribution in [0.4, 0.5) is 0 Å². The van der Waals surface area contributed by atoms with E-state index >= 15 is 0 Å². The van der Waals surface area contributed by atoms with E-state index in [2.05, 4.69) is 37.3 Å². The zero-order valence-corrected chi connectivity index (χ0v) is 10.3. The molecule has 3 heteroatoms. The fraction of sp³-hybridized carbons (Fsp3) is 0.357. The first-order chi connectivity index (χ1) is 8.20. The summed E-state index contributed by atoms with van der Waals surface area (Å²) in [6, 6.07) is 8.62. The number of benzene rings is 1. The molecule has 90 valence electrons. The summed E-state index contributed by atoms with van der Waals surface area (Å²) in [5.74, 6) is 0. The van der Waals surface area contributed by atoms with Crippen molar-refractivity contribution >= 4 is 0 Å². The average molecular weight is 230 g/mol. The highest BCUT2D eigenvalue weighted by atomic mass is 16.2. The second-order valence-electron chi connectivity index (χ2n) is 4.48. The normalized spacial score (nSPS) is 11.1. The van der Waals surface area contributed by atoms with Gasteiger partial charge >= 0.3 is 0 Å². The first-order valence-corrected chi connectivity index (χ1v) is 5.95. The first-order valence-electron chi connectivity index (χ1n) is 5.95. The molecule has 1 aromatic heterocycles. The highest BCUT2D eigenvalue weighted by Crippen LogP contribution is 2.21. The summed E-state index contributed by atoms with van der Waals surface area (Å²) in [5.41, 5.74) is 3.43. The van der Waals surface area contributed by atoms with Crippen molar-refractivity contribution in [3.8, 4) is 11.1 Å². The first kappa shape index (κ1) is 11.9. The lowest BCUT2D eigenvalue weighted by Crippen LogP contribution is -1.99. The molecule has 2 rings (SSSR count). The molecule has 0 bridgehead atoms. The third kappa shape index (κ3) is 2.74. The fourth-order valence-corrected chi connectivity index (χ4v) is 1.81. The van der Waals surface area contributed by atoms with Gasteiger partial charge in [0.05, 0.1) is 6.20 Å². The van der Waals surface area contributed by atoms with E-state index < -0.39 is 0 Å². The lowest BCUT2D eigenvalue weighted by atomic mass is 10.0. The van der Waals surface area contributed by atoms with Gasteiger partial charge in [0.1, 0.15) is 0 Å². The van der Waals surface area contributed by atoms with Gasteiger partial charge in [-0.1, -0.05) is 24.3 Å². The summed E-state index contributed by atoms with van der Waals surface area (Å²) < 4.78 is 1.95. The van der Waals surface area contributed by atoms with Crippen molar-refractivity contribution in [1.29, 1.82) is 0 Å². The Morgan fingerprint density at radius 2 is 2.12 bits per heavy atom. The van der Waals surface area contributed by atoms with Crippen molar-refractivity contribution in [2.24, 2.45) is 0 Å². The quantitative estimate of drug-likeness (QED) is 0.877. The van der Waals surface area contributed by atoms with Crippen LogP contribution in [0.5, 0.6) is 0 Å². The molecule has 0 unspecified atom stereocenters. The number of hydrogen-bond acceptors (Lipinski definition) is 2. The highest BCUT2D eigenvalue weighted by molar-refractivity contribution is 5.62. The van der Waals surface area contributed by atoms with Gasteiger partial charge in [0, 0.05) is 24.4 Å². The standard InChI is InChI=1S/C14H18N2O/c1-11(2)16-10-14(9-15-16)13-5-3-4-12(8-13)6-7-17/h3-5,8-11,17H,6-7H2,1-2H3. The molecule has 0 aliphatic heterocycles. The third-order valence-electron chi connectivity index (χ3n) is 2.79. The van der Waals surface area contributed by atoms with Crippen LogP contribution in [-0.4, -0.2) is 21.5 Å². The maximum atomic E-state index is 8.94. The van der Waals surface area contributed by atoms with Crippen molar-refractivity contribution in [2.45, 2.75) is 26.3 Å². The number of aromatic nitrogens is 2. The summed E-state index contributed by atoms with van der Waals surface area (Å²) in [6.45, 7) is 4.41. The number of aliphatic hydroxyl groups is 1. The molecular weight excluding hydrogens is 212 g/mol. The number of hydrogen-bond donors (Lipinski definition) is 1. The van der Waals surface area contributed by atoms with E-state index in [0.717, 1.165) is 16.7 Å². The molecule has 1 aromatic carbocycles. The van der Waals surface area contributed by atoms with Crippen LogP contribution in [0.2, 0.25) is 0 Å². The molecule has 0 aliphatic rings. The van der Waals surface area contributed by atoms with Crippen LogP contribution < -0.4 is 0 Å². The van der Waals surface area contributed by atoms with Crippen LogP contribution in [-0.2, 0) is 6.42 Å². The summed E-state index contributed by atoms with van der Waals surface area (Å²) in [4.78, 5) is 0. The predicted octanol–water partition coefficient (Wildman–Crippen LogP) is 2.67. The minimum atomic E-state index is 0.189. The Labute approximate surface area is 102 Å². The number of nitrogens with zero attached hydrogens (tertiary/aromatic N) is 2. The second kappa shape index (κ2) is 5.15. The zero-order chi connectivity index (χ0) is 12.3. The summed E-state index contributed by atoms with van der Waals surface area (Å²) >= 11 is 0. The SMILES string of the molecule is CC(C)n1cc(-c2cccc(CCO)c2)cn1. The van der Waals surface area contributed by atoms with Crippen molar-refractivity contribution < 1.29 is 5.11 Å². The molecule has 1 N–H and O–H groups in total. The van der Waals surface area contributed by atoms with Gasteiger partial charge < -0.3 is 5.11 Å². The van der Waals surface area contributed by atoms with Crippen molar-refractivity contribution in [3.05, 3.63) is 42.2 Å². The van der Waals surface area contributed by atoms with E-state index in [1.165, 1.54) is 0 Å². The van der Waals surface area contributed by atoms with E-state index in [0.29, 0.717) is 12.5 Å². The van der Waals surface area contributed by atoms with Crippen LogP contribution in [0, 0.1) is 0 Å². The summed E-state index contributed by atoms with van der Waals surface area (Å²) in [7, 11) is 0. The van der Waals surface area contributed by atoms with Crippen LogP contribution in [0.15, 0.2) is 36.7 Å². The molecule has 1 heterocycles. The van der Waals surface area contributed by atoms with E-state index in [4.69, 9.17) is 5.11 Å². The zero-order valence-electron chi connectivity index (χ0n) is 10.3. The van der Waals surface area contributed by atoms with Crippen molar-refractivity contribution in [3.63, 3.8) is 0 Å². The Hall–Kier alpha value is -1.61. The third-order valence-corrected chi connectivity index (χ3v) is 2.79. The molecule has 0 atom stereocenters. The van der Waals surface area contributed by atoms with Gasteiger partial charge in [-0.15, -0.1) is 0 Å². The maximum Gasteiger partial charge on any atom is 0.0568 e. The average Bonchev–Trinajstić information content (AvgIpc) is 2.79. The number of aliphatic hydroxyl groups excluding tert-OH is 1. The largest absolute Gasteiger partial charge is 0.396 e. The van der Waals surface area contributed by atoms with Crippen molar-refractivity contribution in [1.82, 2.24) is 9.78 Å². The minimum absolute atomic E-state index is 0.189. The van der Waals surface area contributed by atoms with E-state index in [1.807, 2.05) is 23.0 Å². The van der Waals surface area contributed by atoms with Crippen molar-refractivity contribution in [2.75, 3.05) is 6.61 Å². The molecule has 17 heavy (non-hydrogen) atoms. The summed E-state index contributed by atoms with van der Waals surface area (Å²) in [5, 5.41) is 13.3. The topological polar surface area (TPSA) is 38.0 Å². The minimum Gasteiger partial charge on any atom is -0.396 e. The van der Waals surface area contributed by atoms with E-state index in [9.17, 15) is 0 Å². The van der Waals surface area contributed by atoms with E-state index in [-0.39, 0.29) is 6.61 Å². The van der Waals surface area contributed by atoms with Gasteiger partial charge in [-0.05, 0) is 31.4 Å². The molecule has 0 radical (unpaired) electrons. The van der Waals surface area contributed by atoms with Crippen LogP contribution in [0.1, 0.15) is 25.5 Å². The molecule has 0 amide bonds. The van der Waals surface area contributed by atoms with Crippen LogP contribution in [0.3, 0.4) is 0 Å². The Balaban J connectivity index is 2.28. The molecule has 0 spiro atoms. The Morgan fingerprint density at radius 1 is 1.29 bits per heavy atom. The lowest BCUT2D eigenvalue weighted by Gasteiger charge is -2.04. The monoisotopic (exact) mass is 230 g/mol. The second-order valence-corrected chi connectivity index (χ2v) is 4.48. The Kier molecular flexibility index (Phi) is 3.59. The van der Waals surface area contributed by atoms with Gasteiger partial charge in [0.2, 0.25) is 0 Å². The lowest BCUT2D eigenvalue weighted by molar-refractivity contribution is 0.299. The molecule has 0 aliphatic carbocycles. The molecule has 0 saturated carbocycles. The summed E-state index contributed by atoms with van der Waals surface area (Å²) in [6.07, 6.45) is 4.65. The maximum absolute atomic E-state index is 8.94. The Morgan fingerprint density at radius 3 is 2.76 bits per heavy atom. The smallest absolute Gasteiger partial charge is 0.0568 e. The molecule has 3 nitrogen and oxygen atoms in total.